The summed E-state index contributed by atoms with van der Waals surface area (Å²) in [6, 6.07) is 24.7. The van der Waals surface area contributed by atoms with E-state index in [1.165, 1.54) is 0 Å². The van der Waals surface area contributed by atoms with Crippen LogP contribution in [0.4, 0.5) is 4.79 Å². The van der Waals surface area contributed by atoms with Crippen molar-refractivity contribution >= 4 is 23.9 Å². The van der Waals surface area contributed by atoms with Crippen LogP contribution in [-0.4, -0.2) is 63.9 Å². The van der Waals surface area contributed by atoms with Gasteiger partial charge in [0.25, 0.3) is 0 Å². The Hall–Kier alpha value is -4.70. The molecule has 0 aliphatic carbocycles. The fraction of sp³-hybridized carbons (Fsp3) is 0.436. The number of rotatable bonds is 17. The van der Waals surface area contributed by atoms with Gasteiger partial charge < -0.3 is 30.9 Å². The first-order chi connectivity index (χ1) is 23.2. The number of carbonyl (C=O) groups excluding carboxylic acids is 3. The number of alkyl carbamates (subject to hydrolysis) is 1. The summed E-state index contributed by atoms with van der Waals surface area (Å²) in [5.41, 5.74) is 1.73. The lowest BCUT2D eigenvalue weighted by molar-refractivity contribution is -0.142. The second-order valence-electron chi connectivity index (χ2n) is 13.9. The number of carbonyl (C=O) groups is 4. The summed E-state index contributed by atoms with van der Waals surface area (Å²) in [6.45, 7) is 9.07. The van der Waals surface area contributed by atoms with Gasteiger partial charge in [-0.3, -0.25) is 9.59 Å². The maximum atomic E-state index is 14.1. The predicted octanol–water partition coefficient (Wildman–Crippen LogP) is 5.08. The number of aliphatic hydroxyl groups excluding tert-OH is 1. The van der Waals surface area contributed by atoms with Crippen LogP contribution in [0.1, 0.15) is 64.2 Å². The quantitative estimate of drug-likeness (QED) is 0.134. The first-order valence-corrected chi connectivity index (χ1v) is 16.8. The van der Waals surface area contributed by atoms with Crippen LogP contribution < -0.4 is 16.0 Å². The molecule has 5 N–H and O–H groups in total. The van der Waals surface area contributed by atoms with Crippen LogP contribution in [0, 0.1) is 11.8 Å². The van der Waals surface area contributed by atoms with Gasteiger partial charge in [-0.2, -0.15) is 0 Å². The molecule has 3 amide bonds. The van der Waals surface area contributed by atoms with E-state index in [1.54, 1.807) is 45.0 Å². The lowest BCUT2D eigenvalue weighted by Crippen LogP contribution is -2.54. The fourth-order valence-corrected chi connectivity index (χ4v) is 5.56. The number of carboxylic acids is 1. The molecule has 0 radical (unpaired) electrons. The average molecular weight is 674 g/mol. The predicted molar refractivity (Wildman–Crippen MR) is 189 cm³/mol. The van der Waals surface area contributed by atoms with Gasteiger partial charge in [-0.25, -0.2) is 9.59 Å². The third kappa shape index (κ3) is 14.1. The number of hydrogen-bond donors (Lipinski definition) is 5. The molecule has 49 heavy (non-hydrogen) atoms. The standard InChI is InChI=1S/C39H51N3O7/c1-26(2)21-32(36(45)41-33(37(46)47)24-29-19-13-8-14-20-29)40-35(44)30(22-27-15-9-6-10-16-27)25-34(43)31(23-28-17-11-7-12-18-28)42-38(48)49-39(3,4)5/h6-20,26,30-34,43H,21-25H2,1-5H3,(H,40,44)(H,41,45)(H,42,48)(H,46,47). The number of amides is 3. The van der Waals surface area contributed by atoms with Gasteiger partial charge in [0.2, 0.25) is 11.8 Å². The van der Waals surface area contributed by atoms with Crippen LogP contribution >= 0.6 is 0 Å². The lowest BCUT2D eigenvalue weighted by Gasteiger charge is -2.30. The molecule has 3 aromatic rings. The third-order valence-electron chi connectivity index (χ3n) is 7.92. The Morgan fingerprint density at radius 3 is 1.59 bits per heavy atom. The molecule has 3 aromatic carbocycles. The molecule has 3 rings (SSSR count). The summed E-state index contributed by atoms with van der Waals surface area (Å²) in [5.74, 6) is -3.04. The molecule has 0 bridgehead atoms. The van der Waals surface area contributed by atoms with E-state index in [2.05, 4.69) is 16.0 Å². The summed E-state index contributed by atoms with van der Waals surface area (Å²) in [6.07, 6.45) is -0.975. The Kier molecular flexibility index (Phi) is 14.8. The van der Waals surface area contributed by atoms with Crippen LogP contribution in [0.25, 0.3) is 0 Å². The topological polar surface area (TPSA) is 154 Å². The minimum absolute atomic E-state index is 0.0000957. The van der Waals surface area contributed by atoms with Gasteiger partial charge in [-0.1, -0.05) is 105 Å². The maximum Gasteiger partial charge on any atom is 0.407 e. The largest absolute Gasteiger partial charge is 0.480 e. The highest BCUT2D eigenvalue weighted by atomic mass is 16.6. The molecule has 0 spiro atoms. The molecule has 5 unspecified atom stereocenters. The van der Waals surface area contributed by atoms with E-state index in [0.717, 1.165) is 16.7 Å². The summed E-state index contributed by atoms with van der Waals surface area (Å²) in [4.78, 5) is 52.6. The van der Waals surface area contributed by atoms with E-state index in [-0.39, 0.29) is 38.0 Å². The van der Waals surface area contributed by atoms with Crippen LogP contribution in [-0.2, 0) is 38.4 Å². The zero-order valence-corrected chi connectivity index (χ0v) is 29.1. The van der Waals surface area contributed by atoms with Crippen molar-refractivity contribution < 1.29 is 34.1 Å². The van der Waals surface area contributed by atoms with Gasteiger partial charge in [0, 0.05) is 12.3 Å². The van der Waals surface area contributed by atoms with E-state index in [1.807, 2.05) is 80.6 Å². The zero-order valence-electron chi connectivity index (χ0n) is 29.1. The zero-order chi connectivity index (χ0) is 36.0. The first kappa shape index (κ1) is 38.7. The molecular weight excluding hydrogens is 622 g/mol. The number of carboxylic acid groups (broad SMARTS) is 1. The SMILES string of the molecule is CC(C)CC(NC(=O)C(Cc1ccccc1)CC(O)C(Cc1ccccc1)NC(=O)OC(C)(C)C)C(=O)NC(Cc1ccccc1)C(=O)O. The lowest BCUT2D eigenvalue weighted by atomic mass is 9.88. The fourth-order valence-electron chi connectivity index (χ4n) is 5.56. The molecule has 0 aliphatic heterocycles. The highest BCUT2D eigenvalue weighted by Gasteiger charge is 2.33. The maximum absolute atomic E-state index is 14.1. The third-order valence-corrected chi connectivity index (χ3v) is 7.92. The van der Waals surface area contributed by atoms with Crippen molar-refractivity contribution in [3.63, 3.8) is 0 Å². The molecule has 0 fully saturated rings. The minimum Gasteiger partial charge on any atom is -0.480 e. The summed E-state index contributed by atoms with van der Waals surface area (Å²) < 4.78 is 5.48. The summed E-state index contributed by atoms with van der Waals surface area (Å²) >= 11 is 0. The molecule has 0 aliphatic rings. The molecule has 10 nitrogen and oxygen atoms in total. The number of aliphatic carboxylic acids is 1. The number of hydrogen-bond acceptors (Lipinski definition) is 6. The Balaban J connectivity index is 1.85. The molecule has 5 atom stereocenters. The summed E-state index contributed by atoms with van der Waals surface area (Å²) in [5, 5.41) is 29.8. The number of aliphatic hydroxyl groups is 1. The van der Waals surface area contributed by atoms with E-state index in [9.17, 15) is 29.4 Å². The Labute approximate surface area is 289 Å². The van der Waals surface area contributed by atoms with Crippen LogP contribution in [0.3, 0.4) is 0 Å². The van der Waals surface area contributed by atoms with Crippen molar-refractivity contribution in [1.29, 1.82) is 0 Å². The van der Waals surface area contributed by atoms with Gasteiger partial charge in [-0.05, 0) is 69.1 Å². The monoisotopic (exact) mass is 673 g/mol. The smallest absolute Gasteiger partial charge is 0.407 e. The minimum atomic E-state index is -1.19. The van der Waals surface area contributed by atoms with E-state index in [4.69, 9.17) is 4.74 Å². The Morgan fingerprint density at radius 2 is 1.12 bits per heavy atom. The second-order valence-corrected chi connectivity index (χ2v) is 13.9. The molecule has 0 saturated heterocycles. The highest BCUT2D eigenvalue weighted by molar-refractivity contribution is 5.91. The van der Waals surface area contributed by atoms with Crippen molar-refractivity contribution in [1.82, 2.24) is 16.0 Å². The normalized spacial score (nSPS) is 14.5. The van der Waals surface area contributed by atoms with Crippen molar-refractivity contribution in [2.24, 2.45) is 11.8 Å². The average Bonchev–Trinajstić information content (AvgIpc) is 3.03. The van der Waals surface area contributed by atoms with Gasteiger partial charge in [0.15, 0.2) is 0 Å². The first-order valence-electron chi connectivity index (χ1n) is 16.8. The van der Waals surface area contributed by atoms with Crippen molar-refractivity contribution in [2.75, 3.05) is 0 Å². The summed E-state index contributed by atoms with van der Waals surface area (Å²) in [7, 11) is 0. The van der Waals surface area contributed by atoms with Crippen LogP contribution in [0.15, 0.2) is 91.0 Å². The van der Waals surface area contributed by atoms with Crippen molar-refractivity contribution in [3.8, 4) is 0 Å². The number of benzene rings is 3. The van der Waals surface area contributed by atoms with Gasteiger partial charge in [0.1, 0.15) is 17.7 Å². The van der Waals surface area contributed by atoms with Crippen molar-refractivity contribution in [2.45, 2.75) is 96.6 Å². The van der Waals surface area contributed by atoms with Gasteiger partial charge in [0.05, 0.1) is 12.1 Å². The Morgan fingerprint density at radius 1 is 0.653 bits per heavy atom. The molecule has 0 saturated carbocycles. The van der Waals surface area contributed by atoms with E-state index >= 15 is 0 Å². The second kappa shape index (κ2) is 18.7. The molecule has 0 aromatic heterocycles. The van der Waals surface area contributed by atoms with E-state index < -0.39 is 59.6 Å². The van der Waals surface area contributed by atoms with Gasteiger partial charge in [-0.15, -0.1) is 0 Å². The molecule has 264 valence electrons. The number of ether oxygens (including phenoxy) is 1. The molecular formula is C39H51N3O7. The highest BCUT2D eigenvalue weighted by Crippen LogP contribution is 2.20. The van der Waals surface area contributed by atoms with Crippen molar-refractivity contribution in [3.05, 3.63) is 108 Å². The Bertz CT molecular complexity index is 1480. The van der Waals surface area contributed by atoms with Crippen LogP contribution in [0.5, 0.6) is 0 Å². The number of nitrogens with one attached hydrogen (secondary N) is 3. The van der Waals surface area contributed by atoms with Gasteiger partial charge >= 0.3 is 12.1 Å². The molecule has 0 heterocycles. The van der Waals surface area contributed by atoms with E-state index in [0.29, 0.717) is 0 Å². The molecule has 10 heteroatoms. The van der Waals surface area contributed by atoms with Crippen LogP contribution in [0.2, 0.25) is 0 Å².